The van der Waals surface area contributed by atoms with Gasteiger partial charge in [-0.1, -0.05) is 12.1 Å². The molecule has 2 atom stereocenters. The zero-order valence-electron chi connectivity index (χ0n) is 29.0. The van der Waals surface area contributed by atoms with Crippen molar-refractivity contribution in [2.24, 2.45) is 0 Å². The smallest absolute Gasteiger partial charge is 0.338 e. The van der Waals surface area contributed by atoms with E-state index in [2.05, 4.69) is 26.6 Å². The summed E-state index contributed by atoms with van der Waals surface area (Å²) < 4.78 is 21.7. The van der Waals surface area contributed by atoms with Gasteiger partial charge in [-0.05, 0) is 88.8 Å². The number of rotatable bonds is 17. The van der Waals surface area contributed by atoms with Crippen molar-refractivity contribution in [1.29, 1.82) is 0 Å². The molecule has 0 bridgehead atoms. The fraction of sp³-hybridized carbons (Fsp3) is 0.583. The van der Waals surface area contributed by atoms with Gasteiger partial charge in [-0.3, -0.25) is 9.59 Å². The van der Waals surface area contributed by atoms with Crippen LogP contribution in [-0.4, -0.2) is 112 Å². The Labute approximate surface area is 281 Å². The molecule has 1 heterocycles. The van der Waals surface area contributed by atoms with Crippen molar-refractivity contribution >= 4 is 25.8 Å². The molecule has 1 aliphatic carbocycles. The van der Waals surface area contributed by atoms with E-state index >= 15 is 0 Å². The second kappa shape index (κ2) is 17.5. The van der Waals surface area contributed by atoms with Crippen LogP contribution in [0.3, 0.4) is 0 Å². The minimum atomic E-state index is -0.367. The summed E-state index contributed by atoms with van der Waals surface area (Å²) >= 11 is 0. The average Bonchev–Trinajstić information content (AvgIpc) is 3.89. The van der Waals surface area contributed by atoms with Gasteiger partial charge in [-0.2, -0.15) is 0 Å². The number of benzene rings is 2. The number of esters is 1. The highest BCUT2D eigenvalue weighted by molar-refractivity contribution is 6.04. The fourth-order valence-corrected chi connectivity index (χ4v) is 6.53. The van der Waals surface area contributed by atoms with Crippen molar-refractivity contribution in [3.8, 4) is 11.5 Å². The van der Waals surface area contributed by atoms with Crippen LogP contribution in [0, 0.1) is 0 Å². The lowest BCUT2D eigenvalue weighted by Gasteiger charge is -2.44. The third-order valence-corrected chi connectivity index (χ3v) is 9.11. The number of amides is 2. The maximum Gasteiger partial charge on any atom is 0.338 e. The van der Waals surface area contributed by atoms with Crippen LogP contribution in [-0.2, 0) is 20.7 Å². The molecule has 2 aromatic carbocycles. The molecule has 0 unspecified atom stereocenters. The lowest BCUT2D eigenvalue weighted by atomic mass is 9.91. The molecule has 11 heteroatoms. The van der Waals surface area contributed by atoms with E-state index in [-0.39, 0.29) is 36.3 Å². The Morgan fingerprint density at radius 3 is 2.38 bits per heavy atom. The molecule has 0 aromatic heterocycles. The number of carbonyl (C=O) groups excluding carboxylic acids is 3. The number of carbonyl (C=O) groups is 3. The molecule has 47 heavy (non-hydrogen) atoms. The van der Waals surface area contributed by atoms with E-state index < -0.39 is 0 Å². The summed E-state index contributed by atoms with van der Waals surface area (Å²) in [5.74, 6) is 0.870. The van der Waals surface area contributed by atoms with E-state index in [1.165, 1.54) is 0 Å². The molecule has 1 aliphatic heterocycles. The van der Waals surface area contributed by atoms with Crippen LogP contribution in [0.25, 0.3) is 0 Å². The third-order valence-electron chi connectivity index (χ3n) is 9.11. The van der Waals surface area contributed by atoms with E-state index in [0.29, 0.717) is 61.1 Å². The highest BCUT2D eigenvalue weighted by Crippen LogP contribution is 2.32. The van der Waals surface area contributed by atoms with Crippen molar-refractivity contribution in [1.82, 2.24) is 14.6 Å². The van der Waals surface area contributed by atoms with Crippen LogP contribution in [0.4, 0.5) is 0 Å². The Balaban J connectivity index is 1.35. The number of piperidine rings is 1. The molecule has 4 rings (SSSR count). The molecule has 10 nitrogen and oxygen atoms in total. The van der Waals surface area contributed by atoms with Crippen molar-refractivity contribution in [3.05, 3.63) is 59.2 Å². The molecule has 2 aromatic rings. The molecule has 256 valence electrons. The minimum Gasteiger partial charge on any atom is -0.493 e. The number of methoxy groups -OCH3 is 2. The highest BCUT2D eigenvalue weighted by atomic mass is 16.5. The first-order valence-corrected chi connectivity index (χ1v) is 17.0. The van der Waals surface area contributed by atoms with Crippen LogP contribution in [0.2, 0.25) is 0 Å². The van der Waals surface area contributed by atoms with Gasteiger partial charge in [0.2, 0.25) is 5.91 Å². The second-order valence-electron chi connectivity index (χ2n) is 12.9. The standard InChI is InChI=1S/C36H52BN3O7/c1-6-46-36(43)28-10-7-9-26(21-28)22-34(41)38(29-12-13-29)18-17-30-14-15-31(24-39(30)37)40(25(2)3)35(42)27-11-16-32(45-5)33(23-27)47-20-8-19-44-4/h7,9-11,16,21,23,25,29-31H,6,8,12-15,17-20,22,24,37H2,1-5H3/t30-,31-/m1/s1. The first-order valence-electron chi connectivity index (χ1n) is 17.0. The molecule has 1 saturated carbocycles. The van der Waals surface area contributed by atoms with Crippen LogP contribution in [0.1, 0.15) is 85.6 Å². The summed E-state index contributed by atoms with van der Waals surface area (Å²) in [4.78, 5) is 46.0. The summed E-state index contributed by atoms with van der Waals surface area (Å²) in [6.07, 6.45) is 5.80. The Kier molecular flexibility index (Phi) is 13.5. The molecular formula is C36H52BN3O7. The van der Waals surface area contributed by atoms with E-state index in [0.717, 1.165) is 50.6 Å². The van der Waals surface area contributed by atoms with Gasteiger partial charge in [-0.25, -0.2) is 4.79 Å². The van der Waals surface area contributed by atoms with Crippen molar-refractivity contribution in [2.45, 2.75) is 89.9 Å². The van der Waals surface area contributed by atoms with E-state index in [1.54, 1.807) is 51.5 Å². The molecule has 2 amide bonds. The van der Waals surface area contributed by atoms with Crippen LogP contribution in [0.15, 0.2) is 42.5 Å². The normalized spacial score (nSPS) is 18.1. The van der Waals surface area contributed by atoms with Gasteiger partial charge in [0.05, 0.1) is 32.3 Å². The molecule has 1 saturated heterocycles. The molecule has 0 radical (unpaired) electrons. The average molecular weight is 650 g/mol. The van der Waals surface area contributed by atoms with Crippen LogP contribution in [0.5, 0.6) is 11.5 Å². The van der Waals surface area contributed by atoms with Crippen molar-refractivity contribution in [2.75, 3.05) is 47.1 Å². The lowest BCUT2D eigenvalue weighted by Crippen LogP contribution is -2.55. The van der Waals surface area contributed by atoms with Crippen LogP contribution >= 0.6 is 0 Å². The van der Waals surface area contributed by atoms with E-state index in [1.807, 2.05) is 21.9 Å². The fourth-order valence-electron chi connectivity index (χ4n) is 6.53. The quantitative estimate of drug-likeness (QED) is 0.143. The van der Waals surface area contributed by atoms with Gasteiger partial charge in [0.25, 0.3) is 5.91 Å². The predicted octanol–water partition coefficient (Wildman–Crippen LogP) is 4.14. The van der Waals surface area contributed by atoms with Crippen molar-refractivity contribution < 1.29 is 33.3 Å². The number of hydrogen-bond donors (Lipinski definition) is 0. The Morgan fingerprint density at radius 1 is 0.957 bits per heavy atom. The second-order valence-corrected chi connectivity index (χ2v) is 12.9. The molecule has 2 aliphatic rings. The minimum absolute atomic E-state index is 0.0150. The SMILES string of the molecule is BN1C[C@H](N(C(=O)c2ccc(OC)c(OCCCOC)c2)C(C)C)CC[C@@H]1CCN(C(=O)Cc1cccc(C(=O)OCC)c1)C1CC1. The Morgan fingerprint density at radius 2 is 1.72 bits per heavy atom. The van der Waals surface area contributed by atoms with Gasteiger partial charge in [0.1, 0.15) is 0 Å². The van der Waals surface area contributed by atoms with Gasteiger partial charge in [0, 0.05) is 63.0 Å². The first kappa shape index (κ1) is 36.3. The monoisotopic (exact) mass is 649 g/mol. The van der Waals surface area contributed by atoms with E-state index in [9.17, 15) is 14.4 Å². The maximum absolute atomic E-state index is 13.9. The molecule has 0 spiro atoms. The van der Waals surface area contributed by atoms with Gasteiger partial charge >= 0.3 is 5.97 Å². The largest absolute Gasteiger partial charge is 0.493 e. The summed E-state index contributed by atoms with van der Waals surface area (Å²) in [6, 6.07) is 13.3. The Bertz CT molecular complexity index is 1350. The maximum atomic E-state index is 13.9. The predicted molar refractivity (Wildman–Crippen MR) is 184 cm³/mol. The van der Waals surface area contributed by atoms with Gasteiger partial charge < -0.3 is 33.6 Å². The molecular weight excluding hydrogens is 597 g/mol. The van der Waals surface area contributed by atoms with Crippen LogP contribution < -0.4 is 9.47 Å². The van der Waals surface area contributed by atoms with Crippen molar-refractivity contribution in [3.63, 3.8) is 0 Å². The number of nitrogens with zero attached hydrogens (tertiary/aromatic N) is 3. The van der Waals surface area contributed by atoms with E-state index in [4.69, 9.17) is 18.9 Å². The summed E-state index contributed by atoms with van der Waals surface area (Å²) in [6.45, 7) is 8.76. The zero-order valence-corrected chi connectivity index (χ0v) is 29.0. The topological polar surface area (TPSA) is 97.9 Å². The number of hydrogen-bond acceptors (Lipinski definition) is 8. The highest BCUT2D eigenvalue weighted by Gasteiger charge is 2.36. The summed E-state index contributed by atoms with van der Waals surface area (Å²) in [7, 11) is 5.39. The lowest BCUT2D eigenvalue weighted by molar-refractivity contribution is -0.131. The molecule has 0 N–H and O–H groups in total. The van der Waals surface area contributed by atoms with Gasteiger partial charge in [0.15, 0.2) is 19.5 Å². The summed E-state index contributed by atoms with van der Waals surface area (Å²) in [5, 5.41) is 0. The molecule has 2 fully saturated rings. The number of ether oxygens (including phenoxy) is 4. The zero-order chi connectivity index (χ0) is 33.9. The third kappa shape index (κ3) is 9.97. The summed E-state index contributed by atoms with van der Waals surface area (Å²) in [5.41, 5.74) is 1.88. The van der Waals surface area contributed by atoms with Gasteiger partial charge in [-0.15, -0.1) is 0 Å². The first-order chi connectivity index (χ1) is 22.7. The Hall–Kier alpha value is -3.57.